The monoisotopic (exact) mass is 209 g/mol. The summed E-state index contributed by atoms with van der Waals surface area (Å²) in [5.41, 5.74) is 6.00. The fourth-order valence-corrected chi connectivity index (χ4v) is 2.30. The quantitative estimate of drug-likeness (QED) is 0.826. The van der Waals surface area contributed by atoms with Crippen LogP contribution < -0.4 is 5.73 Å². The Hall–Kier alpha value is -0.900. The molecule has 1 aromatic rings. The molecular formula is C11H19N3O. The number of rotatable bonds is 3. The second kappa shape index (κ2) is 3.93. The maximum atomic E-state index is 6.35. The molecule has 2 atom stereocenters. The number of nitrogens with zero attached hydrogens (tertiary/aromatic N) is 2. The van der Waals surface area contributed by atoms with Crippen LogP contribution in [0.15, 0.2) is 4.52 Å². The van der Waals surface area contributed by atoms with E-state index in [1.807, 2.05) is 0 Å². The van der Waals surface area contributed by atoms with E-state index in [4.69, 9.17) is 10.3 Å². The highest BCUT2D eigenvalue weighted by Gasteiger charge is 2.41. The predicted octanol–water partition coefficient (Wildman–Crippen LogP) is 2.00. The van der Waals surface area contributed by atoms with Crippen molar-refractivity contribution in [3.05, 3.63) is 11.7 Å². The second-order valence-electron chi connectivity index (χ2n) is 4.60. The van der Waals surface area contributed by atoms with Crippen LogP contribution in [0.1, 0.15) is 51.2 Å². The summed E-state index contributed by atoms with van der Waals surface area (Å²) >= 11 is 0. The van der Waals surface area contributed by atoms with Crippen LogP contribution in [0.2, 0.25) is 0 Å². The van der Waals surface area contributed by atoms with E-state index in [0.717, 1.165) is 38.0 Å². The van der Waals surface area contributed by atoms with Crippen LogP contribution in [-0.4, -0.2) is 10.1 Å². The van der Waals surface area contributed by atoms with Crippen LogP contribution >= 0.6 is 0 Å². The third-order valence-electron chi connectivity index (χ3n) is 3.46. The smallest absolute Gasteiger partial charge is 0.226 e. The summed E-state index contributed by atoms with van der Waals surface area (Å²) in [5.74, 6) is 1.87. The van der Waals surface area contributed by atoms with Gasteiger partial charge in [0.05, 0.1) is 5.54 Å². The summed E-state index contributed by atoms with van der Waals surface area (Å²) < 4.78 is 5.19. The molecule has 0 amide bonds. The molecule has 0 aliphatic heterocycles. The molecule has 1 aliphatic rings. The first kappa shape index (κ1) is 10.6. The van der Waals surface area contributed by atoms with Gasteiger partial charge in [-0.05, 0) is 25.2 Å². The summed E-state index contributed by atoms with van der Waals surface area (Å²) in [5, 5.41) is 4.03. The molecule has 2 unspecified atom stereocenters. The highest BCUT2D eigenvalue weighted by atomic mass is 16.5. The van der Waals surface area contributed by atoms with Crippen LogP contribution in [0, 0.1) is 5.92 Å². The van der Waals surface area contributed by atoms with Gasteiger partial charge in [-0.2, -0.15) is 4.98 Å². The minimum absolute atomic E-state index is 0.352. The molecule has 1 heterocycles. The lowest BCUT2D eigenvalue weighted by molar-refractivity contribution is 0.303. The van der Waals surface area contributed by atoms with Gasteiger partial charge in [-0.1, -0.05) is 25.4 Å². The lowest BCUT2D eigenvalue weighted by Gasteiger charge is -2.24. The lowest BCUT2D eigenvalue weighted by atomic mass is 9.89. The predicted molar refractivity (Wildman–Crippen MR) is 57.2 cm³/mol. The highest BCUT2D eigenvalue weighted by Crippen LogP contribution is 2.39. The molecule has 0 spiro atoms. The number of nitrogens with two attached hydrogens (primary N) is 1. The molecule has 2 rings (SSSR count). The van der Waals surface area contributed by atoms with Crippen molar-refractivity contribution >= 4 is 0 Å². The summed E-state index contributed by atoms with van der Waals surface area (Å²) in [6, 6.07) is 0. The molecule has 15 heavy (non-hydrogen) atoms. The molecule has 2 N–H and O–H groups in total. The Morgan fingerprint density at radius 2 is 2.40 bits per heavy atom. The molecule has 4 nitrogen and oxygen atoms in total. The zero-order chi connectivity index (χ0) is 10.9. The standard InChI is InChI=1S/C11H19N3O/c1-3-5-9-13-10(14-15-9)11(12)7-4-6-8(11)2/h8H,3-7,12H2,1-2H3. The Morgan fingerprint density at radius 1 is 1.60 bits per heavy atom. The van der Waals surface area contributed by atoms with Gasteiger partial charge >= 0.3 is 0 Å². The fourth-order valence-electron chi connectivity index (χ4n) is 2.30. The second-order valence-corrected chi connectivity index (χ2v) is 4.60. The molecule has 0 saturated heterocycles. The van der Waals surface area contributed by atoms with Crippen molar-refractivity contribution in [2.75, 3.05) is 0 Å². The van der Waals surface area contributed by atoms with Crippen LogP contribution in [0.25, 0.3) is 0 Å². The van der Waals surface area contributed by atoms with Gasteiger partial charge in [-0.15, -0.1) is 0 Å². The number of hydrogen-bond acceptors (Lipinski definition) is 4. The van der Waals surface area contributed by atoms with Crippen molar-refractivity contribution in [3.8, 4) is 0 Å². The molecule has 4 heteroatoms. The third-order valence-corrected chi connectivity index (χ3v) is 3.46. The Kier molecular flexibility index (Phi) is 2.78. The van der Waals surface area contributed by atoms with E-state index in [2.05, 4.69) is 24.0 Å². The average molecular weight is 209 g/mol. The molecule has 1 aromatic heterocycles. The lowest BCUT2D eigenvalue weighted by Crippen LogP contribution is -2.40. The van der Waals surface area contributed by atoms with E-state index in [0.29, 0.717) is 11.7 Å². The van der Waals surface area contributed by atoms with Gasteiger partial charge in [0.15, 0.2) is 5.82 Å². The van der Waals surface area contributed by atoms with Crippen molar-refractivity contribution in [2.24, 2.45) is 11.7 Å². The Labute approximate surface area is 90.2 Å². The number of aromatic nitrogens is 2. The van der Waals surface area contributed by atoms with Crippen molar-refractivity contribution in [1.82, 2.24) is 10.1 Å². The van der Waals surface area contributed by atoms with Crippen LogP contribution in [0.3, 0.4) is 0 Å². The van der Waals surface area contributed by atoms with E-state index < -0.39 is 0 Å². The largest absolute Gasteiger partial charge is 0.339 e. The molecule has 1 fully saturated rings. The van der Waals surface area contributed by atoms with Gasteiger partial charge in [-0.25, -0.2) is 0 Å². The minimum atomic E-state index is -0.352. The van der Waals surface area contributed by atoms with Gasteiger partial charge in [0.1, 0.15) is 0 Å². The zero-order valence-corrected chi connectivity index (χ0v) is 9.49. The summed E-state index contributed by atoms with van der Waals surface area (Å²) in [4.78, 5) is 4.40. The maximum absolute atomic E-state index is 6.35. The van der Waals surface area contributed by atoms with Gasteiger partial charge in [0.2, 0.25) is 5.89 Å². The van der Waals surface area contributed by atoms with Crippen molar-refractivity contribution in [2.45, 2.75) is 51.5 Å². The molecule has 0 bridgehead atoms. The van der Waals surface area contributed by atoms with E-state index in [9.17, 15) is 0 Å². The highest BCUT2D eigenvalue weighted by molar-refractivity contribution is 5.09. The van der Waals surface area contributed by atoms with Crippen LogP contribution in [0.5, 0.6) is 0 Å². The summed E-state index contributed by atoms with van der Waals surface area (Å²) in [6.07, 6.45) is 5.16. The summed E-state index contributed by atoms with van der Waals surface area (Å²) in [6.45, 7) is 4.27. The summed E-state index contributed by atoms with van der Waals surface area (Å²) in [7, 11) is 0. The van der Waals surface area contributed by atoms with Crippen molar-refractivity contribution in [1.29, 1.82) is 0 Å². The van der Waals surface area contributed by atoms with Gasteiger partial charge < -0.3 is 10.3 Å². The van der Waals surface area contributed by atoms with Gasteiger partial charge in [0.25, 0.3) is 0 Å². The van der Waals surface area contributed by atoms with Gasteiger partial charge in [0, 0.05) is 6.42 Å². The third kappa shape index (κ3) is 1.78. The Balaban J connectivity index is 2.21. The molecular weight excluding hydrogens is 190 g/mol. The van der Waals surface area contributed by atoms with E-state index in [-0.39, 0.29) is 5.54 Å². The molecule has 1 saturated carbocycles. The molecule has 0 aromatic carbocycles. The normalized spacial score (nSPS) is 31.0. The van der Waals surface area contributed by atoms with E-state index in [1.165, 1.54) is 0 Å². The Morgan fingerprint density at radius 3 is 3.00 bits per heavy atom. The van der Waals surface area contributed by atoms with E-state index >= 15 is 0 Å². The number of aryl methyl sites for hydroxylation is 1. The molecule has 84 valence electrons. The van der Waals surface area contributed by atoms with Crippen LogP contribution in [-0.2, 0) is 12.0 Å². The van der Waals surface area contributed by atoms with E-state index in [1.54, 1.807) is 0 Å². The maximum Gasteiger partial charge on any atom is 0.226 e. The first-order valence-corrected chi connectivity index (χ1v) is 5.78. The zero-order valence-electron chi connectivity index (χ0n) is 9.49. The average Bonchev–Trinajstić information content (AvgIpc) is 2.77. The van der Waals surface area contributed by atoms with Crippen molar-refractivity contribution < 1.29 is 4.52 Å². The first-order valence-electron chi connectivity index (χ1n) is 5.78. The van der Waals surface area contributed by atoms with Crippen LogP contribution in [0.4, 0.5) is 0 Å². The SMILES string of the molecule is CCCc1nc(C2(N)CCCC2C)no1. The van der Waals surface area contributed by atoms with Crippen molar-refractivity contribution in [3.63, 3.8) is 0 Å². The molecule has 0 radical (unpaired) electrons. The fraction of sp³-hybridized carbons (Fsp3) is 0.818. The first-order chi connectivity index (χ1) is 7.16. The minimum Gasteiger partial charge on any atom is -0.339 e. The Bertz CT molecular complexity index is 336. The van der Waals surface area contributed by atoms with Gasteiger partial charge in [-0.3, -0.25) is 0 Å². The number of hydrogen-bond donors (Lipinski definition) is 1. The molecule has 1 aliphatic carbocycles. The topological polar surface area (TPSA) is 64.9 Å².